The van der Waals surface area contributed by atoms with Gasteiger partial charge in [-0.05, 0) is 24.2 Å². The van der Waals surface area contributed by atoms with Crippen LogP contribution in [-0.2, 0) is 4.74 Å². The highest BCUT2D eigenvalue weighted by Crippen LogP contribution is 2.35. The molecular weight excluding hydrogens is 148 g/mol. The van der Waals surface area contributed by atoms with E-state index in [1.54, 1.807) is 0 Å². The molecule has 0 aliphatic carbocycles. The molecule has 0 saturated carbocycles. The first-order valence-electron chi connectivity index (χ1n) is 5.23. The summed E-state index contributed by atoms with van der Waals surface area (Å²) < 4.78 is 5.45. The summed E-state index contributed by atoms with van der Waals surface area (Å²) in [6.45, 7) is 12.8. The Hall–Kier alpha value is -0.0400. The van der Waals surface area contributed by atoms with Gasteiger partial charge in [0.2, 0.25) is 0 Å². The number of ether oxygens (including phenoxy) is 1. The van der Waals surface area contributed by atoms with Gasteiger partial charge in [0, 0.05) is 6.61 Å². The van der Waals surface area contributed by atoms with E-state index in [0.717, 1.165) is 19.1 Å². The van der Waals surface area contributed by atoms with Gasteiger partial charge >= 0.3 is 0 Å². The maximum absolute atomic E-state index is 5.45. The molecule has 1 fully saturated rings. The van der Waals surface area contributed by atoms with E-state index in [1.807, 2.05) is 13.8 Å². The summed E-state index contributed by atoms with van der Waals surface area (Å²) in [4.78, 5) is 0. The molecule has 1 nitrogen and oxygen atoms in total. The topological polar surface area (TPSA) is 9.23 Å². The van der Waals surface area contributed by atoms with Gasteiger partial charge in [-0.1, -0.05) is 34.6 Å². The minimum atomic E-state index is 0.457. The molecular formula is C11H24O. The van der Waals surface area contributed by atoms with Crippen LogP contribution < -0.4 is 0 Å². The maximum atomic E-state index is 5.45. The molecule has 12 heavy (non-hydrogen) atoms. The largest absolute Gasteiger partial charge is 0.381 e. The first-order chi connectivity index (χ1) is 5.65. The highest BCUT2D eigenvalue weighted by atomic mass is 16.5. The molecule has 1 heterocycles. The molecule has 1 heteroatoms. The Morgan fingerprint density at radius 3 is 2.08 bits per heavy atom. The summed E-state index contributed by atoms with van der Waals surface area (Å²) >= 11 is 0. The first kappa shape index (κ1) is 12.0. The van der Waals surface area contributed by atoms with Gasteiger partial charge in [0.15, 0.2) is 0 Å². The monoisotopic (exact) mass is 172 g/mol. The maximum Gasteiger partial charge on any atom is 0.0522 e. The smallest absolute Gasteiger partial charge is 0.0522 e. The quantitative estimate of drug-likeness (QED) is 0.588. The van der Waals surface area contributed by atoms with Gasteiger partial charge in [-0.3, -0.25) is 0 Å². The summed E-state index contributed by atoms with van der Waals surface area (Å²) in [6.07, 6.45) is 2.58. The Balaban J connectivity index is 0.000000561. The van der Waals surface area contributed by atoms with Crippen LogP contribution in [0.3, 0.4) is 0 Å². The van der Waals surface area contributed by atoms with E-state index in [2.05, 4.69) is 20.8 Å². The molecule has 1 aliphatic heterocycles. The second-order valence-corrected chi connectivity index (χ2v) is 3.96. The van der Waals surface area contributed by atoms with Crippen LogP contribution in [0.5, 0.6) is 0 Å². The van der Waals surface area contributed by atoms with Crippen LogP contribution in [0.4, 0.5) is 0 Å². The van der Waals surface area contributed by atoms with Crippen LogP contribution >= 0.6 is 0 Å². The van der Waals surface area contributed by atoms with Crippen LogP contribution in [0, 0.1) is 11.3 Å². The molecule has 0 radical (unpaired) electrons. The fraction of sp³-hybridized carbons (Fsp3) is 1.00. The number of hydrogen-bond acceptors (Lipinski definition) is 1. The van der Waals surface area contributed by atoms with Crippen molar-refractivity contribution in [2.45, 2.75) is 47.5 Å². The summed E-state index contributed by atoms with van der Waals surface area (Å²) in [7, 11) is 0. The zero-order valence-electron chi connectivity index (χ0n) is 9.31. The molecule has 0 aromatic heterocycles. The Kier molecular flexibility index (Phi) is 5.56. The normalized spacial score (nSPS) is 29.5. The van der Waals surface area contributed by atoms with E-state index in [9.17, 15) is 0 Å². The van der Waals surface area contributed by atoms with Crippen molar-refractivity contribution in [3.8, 4) is 0 Å². The highest BCUT2D eigenvalue weighted by Gasteiger charge is 2.30. The van der Waals surface area contributed by atoms with Crippen molar-refractivity contribution in [3.63, 3.8) is 0 Å². The molecule has 1 rings (SSSR count). The van der Waals surface area contributed by atoms with E-state index >= 15 is 0 Å². The van der Waals surface area contributed by atoms with Crippen molar-refractivity contribution < 1.29 is 4.74 Å². The summed E-state index contributed by atoms with van der Waals surface area (Å²) in [6, 6.07) is 0. The van der Waals surface area contributed by atoms with Crippen LogP contribution in [0.25, 0.3) is 0 Å². The van der Waals surface area contributed by atoms with Gasteiger partial charge < -0.3 is 4.74 Å². The average Bonchev–Trinajstić information content (AvgIpc) is 2.09. The Morgan fingerprint density at radius 2 is 1.83 bits per heavy atom. The Bertz CT molecular complexity index is 102. The molecule has 0 N–H and O–H groups in total. The van der Waals surface area contributed by atoms with Crippen LogP contribution in [0.2, 0.25) is 0 Å². The summed E-state index contributed by atoms with van der Waals surface area (Å²) in [5.74, 6) is 0.757. The van der Waals surface area contributed by atoms with E-state index in [4.69, 9.17) is 4.74 Å². The predicted octanol–water partition coefficient (Wildman–Crippen LogP) is 3.49. The lowest BCUT2D eigenvalue weighted by molar-refractivity contribution is -0.0226. The van der Waals surface area contributed by atoms with E-state index in [-0.39, 0.29) is 0 Å². The lowest BCUT2D eigenvalue weighted by atomic mass is 9.75. The van der Waals surface area contributed by atoms with Crippen molar-refractivity contribution >= 4 is 0 Å². The molecule has 1 atom stereocenters. The Labute approximate surface area is 77.5 Å². The van der Waals surface area contributed by atoms with Crippen LogP contribution in [0.1, 0.15) is 47.5 Å². The molecule has 74 valence electrons. The zero-order chi connectivity index (χ0) is 9.61. The highest BCUT2D eigenvalue weighted by molar-refractivity contribution is 4.79. The fourth-order valence-corrected chi connectivity index (χ4v) is 1.41. The van der Waals surface area contributed by atoms with Crippen molar-refractivity contribution in [3.05, 3.63) is 0 Å². The molecule has 1 unspecified atom stereocenters. The minimum absolute atomic E-state index is 0.457. The molecule has 0 amide bonds. The van der Waals surface area contributed by atoms with E-state index < -0.39 is 0 Å². The SMILES string of the molecule is CC.CC(C)C1(C)CCCOC1. The fourth-order valence-electron chi connectivity index (χ4n) is 1.41. The lowest BCUT2D eigenvalue weighted by Crippen LogP contribution is -2.33. The van der Waals surface area contributed by atoms with Gasteiger partial charge in [0.25, 0.3) is 0 Å². The van der Waals surface area contributed by atoms with Gasteiger partial charge in [-0.15, -0.1) is 0 Å². The second kappa shape index (κ2) is 5.58. The molecule has 0 spiro atoms. The van der Waals surface area contributed by atoms with Crippen molar-refractivity contribution in [2.75, 3.05) is 13.2 Å². The number of rotatable bonds is 1. The Morgan fingerprint density at radius 1 is 1.25 bits per heavy atom. The van der Waals surface area contributed by atoms with E-state index in [0.29, 0.717) is 5.41 Å². The van der Waals surface area contributed by atoms with Gasteiger partial charge in [-0.2, -0.15) is 0 Å². The third kappa shape index (κ3) is 3.14. The summed E-state index contributed by atoms with van der Waals surface area (Å²) in [5.41, 5.74) is 0.457. The van der Waals surface area contributed by atoms with Crippen LogP contribution in [-0.4, -0.2) is 13.2 Å². The molecule has 0 aromatic rings. The average molecular weight is 172 g/mol. The molecule has 1 aliphatic rings. The third-order valence-corrected chi connectivity index (χ3v) is 2.86. The zero-order valence-corrected chi connectivity index (χ0v) is 9.31. The first-order valence-corrected chi connectivity index (χ1v) is 5.23. The molecule has 0 aromatic carbocycles. The number of hydrogen-bond donors (Lipinski definition) is 0. The van der Waals surface area contributed by atoms with Crippen molar-refractivity contribution in [2.24, 2.45) is 11.3 Å². The molecule has 0 bridgehead atoms. The van der Waals surface area contributed by atoms with E-state index in [1.165, 1.54) is 12.8 Å². The van der Waals surface area contributed by atoms with Crippen molar-refractivity contribution in [1.82, 2.24) is 0 Å². The lowest BCUT2D eigenvalue weighted by Gasteiger charge is -2.36. The third-order valence-electron chi connectivity index (χ3n) is 2.86. The van der Waals surface area contributed by atoms with Gasteiger partial charge in [0.1, 0.15) is 0 Å². The second-order valence-electron chi connectivity index (χ2n) is 3.96. The molecule has 1 saturated heterocycles. The standard InChI is InChI=1S/C9H18O.C2H6/c1-8(2)9(3)5-4-6-10-7-9;1-2/h8H,4-7H2,1-3H3;1-2H3. The van der Waals surface area contributed by atoms with Crippen LogP contribution in [0.15, 0.2) is 0 Å². The van der Waals surface area contributed by atoms with Crippen molar-refractivity contribution in [1.29, 1.82) is 0 Å². The minimum Gasteiger partial charge on any atom is -0.381 e. The van der Waals surface area contributed by atoms with Gasteiger partial charge in [0.05, 0.1) is 6.61 Å². The predicted molar refractivity (Wildman–Crippen MR) is 54.3 cm³/mol. The van der Waals surface area contributed by atoms with Gasteiger partial charge in [-0.25, -0.2) is 0 Å². The summed E-state index contributed by atoms with van der Waals surface area (Å²) in [5, 5.41) is 0.